The lowest BCUT2D eigenvalue weighted by atomic mass is 9.99. The van der Waals surface area contributed by atoms with Crippen molar-refractivity contribution >= 4 is 11.6 Å². The highest BCUT2D eigenvalue weighted by atomic mass is 16.1. The maximum atomic E-state index is 12.3. The van der Waals surface area contributed by atoms with Crippen LogP contribution < -0.4 is 10.6 Å². The lowest BCUT2D eigenvalue weighted by Gasteiger charge is -2.19. The van der Waals surface area contributed by atoms with E-state index in [-0.39, 0.29) is 18.5 Å². The molecule has 0 bridgehead atoms. The van der Waals surface area contributed by atoms with Crippen molar-refractivity contribution in [2.45, 2.75) is 13.0 Å². The molecule has 0 fully saturated rings. The summed E-state index contributed by atoms with van der Waals surface area (Å²) >= 11 is 0. The average molecular weight is 330 g/mol. The minimum Gasteiger partial charge on any atom is -0.325 e. The molecule has 0 aliphatic carbocycles. The number of hydrogen-bond donors (Lipinski definition) is 2. The molecule has 3 aromatic rings. The predicted octanol–water partition coefficient (Wildman–Crippen LogP) is 4.31. The van der Waals surface area contributed by atoms with E-state index < -0.39 is 0 Å². The summed E-state index contributed by atoms with van der Waals surface area (Å²) < 4.78 is 0. The van der Waals surface area contributed by atoms with Gasteiger partial charge in [-0.3, -0.25) is 10.1 Å². The van der Waals surface area contributed by atoms with Gasteiger partial charge in [-0.05, 0) is 35.7 Å². The normalized spacial score (nSPS) is 10.6. The van der Waals surface area contributed by atoms with Gasteiger partial charge in [0.25, 0.3) is 0 Å². The van der Waals surface area contributed by atoms with Crippen molar-refractivity contribution in [2.75, 3.05) is 11.9 Å². The fraction of sp³-hybridized carbons (Fsp3) is 0.136. The summed E-state index contributed by atoms with van der Waals surface area (Å²) in [5, 5.41) is 6.31. The van der Waals surface area contributed by atoms with Gasteiger partial charge in [0.15, 0.2) is 0 Å². The van der Waals surface area contributed by atoms with E-state index in [1.807, 2.05) is 67.6 Å². The van der Waals surface area contributed by atoms with Gasteiger partial charge in [0.2, 0.25) is 5.91 Å². The number of benzene rings is 3. The Morgan fingerprint density at radius 1 is 0.840 bits per heavy atom. The molecule has 0 aliphatic heterocycles. The van der Waals surface area contributed by atoms with E-state index in [4.69, 9.17) is 0 Å². The van der Waals surface area contributed by atoms with Crippen LogP contribution in [-0.2, 0) is 4.79 Å². The van der Waals surface area contributed by atoms with Crippen molar-refractivity contribution in [3.05, 3.63) is 102 Å². The molecule has 0 aromatic heterocycles. The lowest BCUT2D eigenvalue weighted by Crippen LogP contribution is -2.31. The van der Waals surface area contributed by atoms with E-state index >= 15 is 0 Å². The zero-order valence-corrected chi connectivity index (χ0v) is 14.3. The Balaban J connectivity index is 1.70. The van der Waals surface area contributed by atoms with Crippen LogP contribution in [0.1, 0.15) is 22.7 Å². The SMILES string of the molecule is Cc1cccc(NC(=O)CNC(c2ccccc2)c2ccccc2)c1. The molecule has 0 spiro atoms. The number of nitrogens with one attached hydrogen (secondary N) is 2. The minimum atomic E-state index is -0.0533. The minimum absolute atomic E-state index is 0.0225. The number of carbonyl (C=O) groups is 1. The van der Waals surface area contributed by atoms with E-state index in [1.165, 1.54) is 0 Å². The Morgan fingerprint density at radius 2 is 1.44 bits per heavy atom. The van der Waals surface area contributed by atoms with E-state index in [2.05, 4.69) is 34.9 Å². The molecule has 3 heteroatoms. The van der Waals surface area contributed by atoms with Gasteiger partial charge in [-0.25, -0.2) is 0 Å². The second-order valence-electron chi connectivity index (χ2n) is 6.05. The predicted molar refractivity (Wildman–Crippen MR) is 103 cm³/mol. The summed E-state index contributed by atoms with van der Waals surface area (Å²) in [6.07, 6.45) is 0. The first kappa shape index (κ1) is 16.9. The fourth-order valence-electron chi connectivity index (χ4n) is 2.84. The molecule has 0 saturated heterocycles. The van der Waals surface area contributed by atoms with Gasteiger partial charge < -0.3 is 5.32 Å². The second-order valence-corrected chi connectivity index (χ2v) is 6.05. The van der Waals surface area contributed by atoms with Crippen molar-refractivity contribution in [3.63, 3.8) is 0 Å². The molecule has 1 amide bonds. The Labute approximate surface area is 148 Å². The number of aryl methyl sites for hydroxylation is 1. The molecular formula is C22H22N2O. The summed E-state index contributed by atoms with van der Waals surface area (Å²) in [7, 11) is 0. The highest BCUT2D eigenvalue weighted by Crippen LogP contribution is 2.21. The van der Waals surface area contributed by atoms with Crippen LogP contribution in [0, 0.1) is 6.92 Å². The molecule has 0 heterocycles. The van der Waals surface area contributed by atoms with Crippen molar-refractivity contribution in [2.24, 2.45) is 0 Å². The Bertz CT molecular complexity index is 776. The highest BCUT2D eigenvalue weighted by molar-refractivity contribution is 5.92. The van der Waals surface area contributed by atoms with E-state index in [0.717, 1.165) is 22.4 Å². The van der Waals surface area contributed by atoms with Gasteiger partial charge in [-0.2, -0.15) is 0 Å². The van der Waals surface area contributed by atoms with Crippen LogP contribution in [0.4, 0.5) is 5.69 Å². The molecular weight excluding hydrogens is 308 g/mol. The molecule has 0 radical (unpaired) electrons. The Kier molecular flexibility index (Phi) is 5.60. The topological polar surface area (TPSA) is 41.1 Å². The molecule has 0 aliphatic rings. The van der Waals surface area contributed by atoms with Crippen LogP contribution in [0.3, 0.4) is 0 Å². The number of hydrogen-bond acceptors (Lipinski definition) is 2. The third-order valence-electron chi connectivity index (χ3n) is 4.03. The van der Waals surface area contributed by atoms with Crippen LogP contribution >= 0.6 is 0 Å². The number of carbonyl (C=O) groups excluding carboxylic acids is 1. The second kappa shape index (κ2) is 8.27. The Morgan fingerprint density at radius 3 is 2.00 bits per heavy atom. The smallest absolute Gasteiger partial charge is 0.238 e. The summed E-state index contributed by atoms with van der Waals surface area (Å²) in [5.41, 5.74) is 4.22. The first-order chi connectivity index (χ1) is 12.2. The van der Waals surface area contributed by atoms with Gasteiger partial charge in [-0.15, -0.1) is 0 Å². The molecule has 0 saturated carbocycles. The monoisotopic (exact) mass is 330 g/mol. The fourth-order valence-corrected chi connectivity index (χ4v) is 2.84. The number of amides is 1. The molecule has 25 heavy (non-hydrogen) atoms. The summed E-state index contributed by atoms with van der Waals surface area (Å²) in [5.74, 6) is -0.0533. The lowest BCUT2D eigenvalue weighted by molar-refractivity contribution is -0.115. The highest BCUT2D eigenvalue weighted by Gasteiger charge is 2.14. The van der Waals surface area contributed by atoms with Crippen molar-refractivity contribution in [1.82, 2.24) is 5.32 Å². The standard InChI is InChI=1S/C22H22N2O/c1-17-9-8-14-20(15-17)24-21(25)16-23-22(18-10-4-2-5-11-18)19-12-6-3-7-13-19/h2-15,22-23H,16H2,1H3,(H,24,25). The van der Waals surface area contributed by atoms with Gasteiger partial charge >= 0.3 is 0 Å². The zero-order chi connectivity index (χ0) is 17.5. The quantitative estimate of drug-likeness (QED) is 0.707. The van der Waals surface area contributed by atoms with Crippen LogP contribution in [0.5, 0.6) is 0 Å². The van der Waals surface area contributed by atoms with Crippen LogP contribution in [-0.4, -0.2) is 12.5 Å². The van der Waals surface area contributed by atoms with E-state index in [9.17, 15) is 4.79 Å². The zero-order valence-electron chi connectivity index (χ0n) is 14.3. The average Bonchev–Trinajstić information content (AvgIpc) is 2.64. The Hall–Kier alpha value is -2.91. The van der Waals surface area contributed by atoms with Crippen LogP contribution in [0.2, 0.25) is 0 Å². The summed E-state index contributed by atoms with van der Waals surface area (Å²) in [6.45, 7) is 2.25. The third kappa shape index (κ3) is 4.78. The summed E-state index contributed by atoms with van der Waals surface area (Å²) in [4.78, 5) is 12.3. The first-order valence-corrected chi connectivity index (χ1v) is 8.42. The van der Waals surface area contributed by atoms with Crippen LogP contribution in [0.25, 0.3) is 0 Å². The molecule has 0 unspecified atom stereocenters. The largest absolute Gasteiger partial charge is 0.325 e. The maximum Gasteiger partial charge on any atom is 0.238 e. The number of rotatable bonds is 6. The third-order valence-corrected chi connectivity index (χ3v) is 4.03. The molecule has 2 N–H and O–H groups in total. The molecule has 3 nitrogen and oxygen atoms in total. The van der Waals surface area contributed by atoms with Gasteiger partial charge in [0.1, 0.15) is 0 Å². The van der Waals surface area contributed by atoms with E-state index in [0.29, 0.717) is 0 Å². The van der Waals surface area contributed by atoms with Gasteiger partial charge in [-0.1, -0.05) is 72.8 Å². The summed E-state index contributed by atoms with van der Waals surface area (Å²) in [6, 6.07) is 28.1. The molecule has 3 rings (SSSR count). The van der Waals surface area contributed by atoms with E-state index in [1.54, 1.807) is 0 Å². The first-order valence-electron chi connectivity index (χ1n) is 8.42. The van der Waals surface area contributed by atoms with Crippen molar-refractivity contribution in [3.8, 4) is 0 Å². The van der Waals surface area contributed by atoms with Gasteiger partial charge in [0, 0.05) is 5.69 Å². The maximum absolute atomic E-state index is 12.3. The molecule has 3 aromatic carbocycles. The van der Waals surface area contributed by atoms with Crippen LogP contribution in [0.15, 0.2) is 84.9 Å². The number of anilines is 1. The molecule has 0 atom stereocenters. The van der Waals surface area contributed by atoms with Crippen molar-refractivity contribution < 1.29 is 4.79 Å². The van der Waals surface area contributed by atoms with Crippen molar-refractivity contribution in [1.29, 1.82) is 0 Å². The molecule has 126 valence electrons. The van der Waals surface area contributed by atoms with Gasteiger partial charge in [0.05, 0.1) is 12.6 Å².